The molecular formula is C14H14ClNO3S. The molecule has 0 aliphatic carbocycles. The van der Waals surface area contributed by atoms with Crippen LogP contribution in [0.5, 0.6) is 11.5 Å². The Hall–Kier alpha value is -1.72. The van der Waals surface area contributed by atoms with Gasteiger partial charge in [0.05, 0.1) is 15.6 Å². The zero-order valence-corrected chi connectivity index (χ0v) is 12.6. The zero-order chi connectivity index (χ0) is 14.9. The van der Waals surface area contributed by atoms with Crippen LogP contribution in [0.2, 0.25) is 5.02 Å². The van der Waals surface area contributed by atoms with Crippen molar-refractivity contribution in [3.05, 3.63) is 47.0 Å². The second-order valence-electron chi connectivity index (χ2n) is 4.48. The van der Waals surface area contributed by atoms with Crippen molar-refractivity contribution in [2.24, 2.45) is 0 Å². The molecule has 0 aromatic heterocycles. The first kappa shape index (κ1) is 14.7. The van der Waals surface area contributed by atoms with Crippen LogP contribution in [-0.4, -0.2) is 14.7 Å². The standard InChI is InChI=1S/C14H14ClNO3S/c1-9-7-13(16)12(15)8-14(9)19-10-3-5-11(6-4-10)20(2,17)18/h3-8H,16H2,1-2H3. The number of anilines is 1. The Morgan fingerprint density at radius 3 is 2.30 bits per heavy atom. The Kier molecular flexibility index (Phi) is 3.92. The van der Waals surface area contributed by atoms with Crippen LogP contribution in [0.3, 0.4) is 0 Å². The van der Waals surface area contributed by atoms with E-state index in [9.17, 15) is 8.42 Å². The largest absolute Gasteiger partial charge is 0.457 e. The highest BCUT2D eigenvalue weighted by Crippen LogP contribution is 2.32. The molecule has 4 nitrogen and oxygen atoms in total. The maximum absolute atomic E-state index is 11.4. The second-order valence-corrected chi connectivity index (χ2v) is 6.91. The van der Waals surface area contributed by atoms with Crippen LogP contribution < -0.4 is 10.5 Å². The van der Waals surface area contributed by atoms with Crippen molar-refractivity contribution in [3.63, 3.8) is 0 Å². The van der Waals surface area contributed by atoms with Gasteiger partial charge in [0.1, 0.15) is 11.5 Å². The fourth-order valence-electron chi connectivity index (χ4n) is 1.68. The number of hydrogen-bond donors (Lipinski definition) is 1. The molecule has 20 heavy (non-hydrogen) atoms. The molecule has 2 rings (SSSR count). The molecule has 0 heterocycles. The number of ether oxygens (including phenoxy) is 1. The van der Waals surface area contributed by atoms with Crippen LogP contribution in [-0.2, 0) is 9.84 Å². The molecule has 0 saturated heterocycles. The lowest BCUT2D eigenvalue weighted by Gasteiger charge is -2.11. The highest BCUT2D eigenvalue weighted by Gasteiger charge is 2.09. The first-order chi connectivity index (χ1) is 9.27. The van der Waals surface area contributed by atoms with Crippen LogP contribution >= 0.6 is 11.6 Å². The summed E-state index contributed by atoms with van der Waals surface area (Å²) in [6, 6.07) is 9.55. The Bertz CT molecular complexity index is 740. The van der Waals surface area contributed by atoms with Crippen LogP contribution in [0.4, 0.5) is 5.69 Å². The van der Waals surface area contributed by atoms with Crippen molar-refractivity contribution in [3.8, 4) is 11.5 Å². The van der Waals surface area contributed by atoms with Gasteiger partial charge in [0, 0.05) is 12.3 Å². The number of nitrogen functional groups attached to an aromatic ring is 1. The third kappa shape index (κ3) is 3.23. The number of benzene rings is 2. The fourth-order valence-corrected chi connectivity index (χ4v) is 2.46. The van der Waals surface area contributed by atoms with Crippen LogP contribution in [0, 0.1) is 6.92 Å². The van der Waals surface area contributed by atoms with Crippen LogP contribution in [0.25, 0.3) is 0 Å². The topological polar surface area (TPSA) is 69.4 Å². The third-order valence-corrected chi connectivity index (χ3v) is 4.23. The molecule has 6 heteroatoms. The number of sulfone groups is 1. The van der Waals surface area contributed by atoms with E-state index in [-0.39, 0.29) is 4.90 Å². The van der Waals surface area contributed by atoms with E-state index in [1.165, 1.54) is 12.1 Å². The van der Waals surface area contributed by atoms with E-state index >= 15 is 0 Å². The van der Waals surface area contributed by atoms with Gasteiger partial charge in [-0.05, 0) is 42.8 Å². The van der Waals surface area contributed by atoms with Crippen molar-refractivity contribution >= 4 is 27.1 Å². The summed E-state index contributed by atoms with van der Waals surface area (Å²) < 4.78 is 28.4. The van der Waals surface area contributed by atoms with Gasteiger partial charge in [-0.15, -0.1) is 0 Å². The number of hydrogen-bond acceptors (Lipinski definition) is 4. The molecule has 0 aliphatic rings. The lowest BCUT2D eigenvalue weighted by molar-refractivity contribution is 0.478. The molecule has 0 fully saturated rings. The molecule has 2 aromatic carbocycles. The van der Waals surface area contributed by atoms with Gasteiger partial charge < -0.3 is 10.5 Å². The summed E-state index contributed by atoms with van der Waals surface area (Å²) >= 11 is 5.95. The molecule has 0 unspecified atom stereocenters. The summed E-state index contributed by atoms with van der Waals surface area (Å²) in [4.78, 5) is 0.247. The fraction of sp³-hybridized carbons (Fsp3) is 0.143. The minimum absolute atomic E-state index is 0.247. The average Bonchev–Trinajstić information content (AvgIpc) is 2.35. The van der Waals surface area contributed by atoms with Gasteiger partial charge in [0.2, 0.25) is 0 Å². The minimum atomic E-state index is -3.21. The lowest BCUT2D eigenvalue weighted by Crippen LogP contribution is -1.97. The van der Waals surface area contributed by atoms with Gasteiger partial charge in [-0.2, -0.15) is 0 Å². The maximum Gasteiger partial charge on any atom is 0.175 e. The molecule has 106 valence electrons. The molecule has 0 radical (unpaired) electrons. The summed E-state index contributed by atoms with van der Waals surface area (Å²) in [6.45, 7) is 1.85. The van der Waals surface area contributed by atoms with Crippen molar-refractivity contribution < 1.29 is 13.2 Å². The normalized spacial score (nSPS) is 11.3. The Balaban J connectivity index is 2.29. The second kappa shape index (κ2) is 5.34. The van der Waals surface area contributed by atoms with Gasteiger partial charge in [0.15, 0.2) is 9.84 Å². The van der Waals surface area contributed by atoms with E-state index in [0.717, 1.165) is 11.8 Å². The van der Waals surface area contributed by atoms with Crippen molar-refractivity contribution in [1.82, 2.24) is 0 Å². The SMILES string of the molecule is Cc1cc(N)c(Cl)cc1Oc1ccc(S(C)(=O)=O)cc1. The highest BCUT2D eigenvalue weighted by atomic mass is 35.5. The minimum Gasteiger partial charge on any atom is -0.457 e. The van der Waals surface area contributed by atoms with Gasteiger partial charge in [0.25, 0.3) is 0 Å². The molecule has 0 spiro atoms. The molecule has 2 N–H and O–H groups in total. The monoisotopic (exact) mass is 311 g/mol. The predicted molar refractivity (Wildman–Crippen MR) is 80.2 cm³/mol. The van der Waals surface area contributed by atoms with Crippen LogP contribution in [0.1, 0.15) is 5.56 Å². The molecule has 0 aliphatic heterocycles. The smallest absolute Gasteiger partial charge is 0.175 e. The first-order valence-corrected chi connectivity index (χ1v) is 8.08. The van der Waals surface area contributed by atoms with Gasteiger partial charge in [-0.25, -0.2) is 8.42 Å². The summed E-state index contributed by atoms with van der Waals surface area (Å²) in [5.74, 6) is 1.11. The van der Waals surface area contributed by atoms with E-state index in [2.05, 4.69) is 0 Å². The average molecular weight is 312 g/mol. The van der Waals surface area contributed by atoms with E-state index in [1.807, 2.05) is 6.92 Å². The molecule has 0 amide bonds. The van der Waals surface area contributed by atoms with Crippen molar-refractivity contribution in [1.29, 1.82) is 0 Å². The summed E-state index contributed by atoms with van der Waals surface area (Å²) in [5, 5.41) is 0.415. The number of nitrogens with two attached hydrogens (primary N) is 1. The number of halogens is 1. The number of aryl methyl sites for hydroxylation is 1. The number of rotatable bonds is 3. The first-order valence-electron chi connectivity index (χ1n) is 5.81. The van der Waals surface area contributed by atoms with E-state index in [1.54, 1.807) is 24.3 Å². The van der Waals surface area contributed by atoms with Gasteiger partial charge in [-0.3, -0.25) is 0 Å². The summed E-state index contributed by atoms with van der Waals surface area (Å²) in [5.41, 5.74) is 7.03. The Morgan fingerprint density at radius 2 is 1.75 bits per heavy atom. The zero-order valence-electron chi connectivity index (χ0n) is 11.1. The third-order valence-electron chi connectivity index (χ3n) is 2.77. The van der Waals surface area contributed by atoms with E-state index in [4.69, 9.17) is 22.1 Å². The molecule has 0 atom stereocenters. The van der Waals surface area contributed by atoms with E-state index in [0.29, 0.717) is 22.2 Å². The van der Waals surface area contributed by atoms with Crippen molar-refractivity contribution in [2.45, 2.75) is 11.8 Å². The highest BCUT2D eigenvalue weighted by molar-refractivity contribution is 7.90. The maximum atomic E-state index is 11.4. The quantitative estimate of drug-likeness (QED) is 0.882. The molecular weight excluding hydrogens is 298 g/mol. The van der Waals surface area contributed by atoms with Crippen LogP contribution in [0.15, 0.2) is 41.3 Å². The molecule has 2 aromatic rings. The Labute approximate surface area is 123 Å². The molecule has 0 saturated carbocycles. The molecule has 0 bridgehead atoms. The van der Waals surface area contributed by atoms with Gasteiger partial charge >= 0.3 is 0 Å². The van der Waals surface area contributed by atoms with Gasteiger partial charge in [-0.1, -0.05) is 11.6 Å². The van der Waals surface area contributed by atoms with E-state index < -0.39 is 9.84 Å². The Morgan fingerprint density at radius 1 is 1.15 bits per heavy atom. The summed E-state index contributed by atoms with van der Waals surface area (Å²) in [7, 11) is -3.21. The predicted octanol–water partition coefficient (Wildman–Crippen LogP) is 3.43. The summed E-state index contributed by atoms with van der Waals surface area (Å²) in [6.07, 6.45) is 1.16. The lowest BCUT2D eigenvalue weighted by atomic mass is 10.2. The van der Waals surface area contributed by atoms with Crippen molar-refractivity contribution in [2.75, 3.05) is 12.0 Å².